The Labute approximate surface area is 172 Å². The van der Waals surface area contributed by atoms with Crippen LogP contribution in [0.1, 0.15) is 16.7 Å². The molecule has 1 aliphatic heterocycles. The van der Waals surface area contributed by atoms with Crippen LogP contribution in [-0.2, 0) is 11.2 Å². The van der Waals surface area contributed by atoms with Crippen LogP contribution in [0.4, 0.5) is 0 Å². The molecule has 7 heteroatoms. The number of aliphatic hydroxyl groups excluding tert-OH is 4. The van der Waals surface area contributed by atoms with Gasteiger partial charge < -0.3 is 29.9 Å². The van der Waals surface area contributed by atoms with Crippen molar-refractivity contribution < 1.29 is 29.9 Å². The summed E-state index contributed by atoms with van der Waals surface area (Å²) in [4.78, 5) is 0. The summed E-state index contributed by atoms with van der Waals surface area (Å²) in [5, 5.41) is 42.5. The zero-order valence-electron chi connectivity index (χ0n) is 15.9. The number of rotatable bonds is 5. The van der Waals surface area contributed by atoms with Crippen molar-refractivity contribution in [3.8, 4) is 5.75 Å². The van der Waals surface area contributed by atoms with Gasteiger partial charge in [-0.1, -0.05) is 29.8 Å². The Morgan fingerprint density at radius 3 is 2.48 bits per heavy atom. The second-order valence-electron chi connectivity index (χ2n) is 7.40. The summed E-state index contributed by atoms with van der Waals surface area (Å²) in [6, 6.07) is 14.1. The highest BCUT2D eigenvalue weighted by Crippen LogP contribution is 2.32. The quantitative estimate of drug-likeness (QED) is 0.508. The third-order valence-corrected chi connectivity index (χ3v) is 6.24. The lowest BCUT2D eigenvalue weighted by Gasteiger charge is -2.39. The van der Waals surface area contributed by atoms with E-state index in [1.54, 1.807) is 17.4 Å². The number of ether oxygens (including phenoxy) is 2. The molecule has 154 valence electrons. The molecule has 1 aromatic heterocycles. The zero-order valence-corrected chi connectivity index (χ0v) is 16.7. The summed E-state index contributed by atoms with van der Waals surface area (Å²) in [5.74, 6) is 0.477. The Bertz CT molecular complexity index is 967. The SMILES string of the molecule is Cc1ccc(Cc2csc3cc(O[C@@H]4O[C@H](CO)[C@@H](O)[C@H](O)[C@H]4O)ccc23)cc1. The standard InChI is InChI=1S/C22H24O6S/c1-12-2-4-13(5-3-12)8-14-11-29-18-9-15(6-7-16(14)18)27-22-21(26)20(25)19(24)17(10-23)28-22/h2-7,9,11,17,19-26H,8,10H2,1H3/t17-,19-,20+,21-,22-/m1/s1. The van der Waals surface area contributed by atoms with Gasteiger partial charge in [-0.05, 0) is 53.4 Å². The van der Waals surface area contributed by atoms with Crippen LogP contribution in [0, 0.1) is 6.92 Å². The van der Waals surface area contributed by atoms with Gasteiger partial charge >= 0.3 is 0 Å². The summed E-state index contributed by atoms with van der Waals surface area (Å²) in [7, 11) is 0. The molecule has 0 saturated carbocycles. The van der Waals surface area contributed by atoms with Crippen LogP contribution in [0.5, 0.6) is 5.75 Å². The molecule has 6 nitrogen and oxygen atoms in total. The van der Waals surface area contributed by atoms with E-state index in [0.29, 0.717) is 5.75 Å². The summed E-state index contributed by atoms with van der Waals surface area (Å²) >= 11 is 1.61. The van der Waals surface area contributed by atoms with E-state index in [1.165, 1.54) is 16.7 Å². The Hall–Kier alpha value is -2.00. The Kier molecular flexibility index (Phi) is 5.87. The van der Waals surface area contributed by atoms with Crippen LogP contribution in [0.15, 0.2) is 47.8 Å². The van der Waals surface area contributed by atoms with Crippen molar-refractivity contribution in [2.75, 3.05) is 6.61 Å². The van der Waals surface area contributed by atoms with Gasteiger partial charge in [0.05, 0.1) is 6.61 Å². The van der Waals surface area contributed by atoms with Gasteiger partial charge in [-0.2, -0.15) is 0 Å². The van der Waals surface area contributed by atoms with Crippen molar-refractivity contribution in [3.63, 3.8) is 0 Å². The molecule has 1 aliphatic rings. The predicted octanol–water partition coefficient (Wildman–Crippen LogP) is 1.98. The minimum absolute atomic E-state index is 0.477. The monoisotopic (exact) mass is 416 g/mol. The van der Waals surface area contributed by atoms with E-state index in [-0.39, 0.29) is 0 Å². The summed E-state index contributed by atoms with van der Waals surface area (Å²) in [5.41, 5.74) is 3.71. The van der Waals surface area contributed by atoms with Gasteiger partial charge in [0.1, 0.15) is 30.2 Å². The van der Waals surface area contributed by atoms with Gasteiger partial charge in [-0.3, -0.25) is 0 Å². The first-order chi connectivity index (χ1) is 14.0. The molecular weight excluding hydrogens is 392 g/mol. The van der Waals surface area contributed by atoms with E-state index in [1.807, 2.05) is 12.1 Å². The molecule has 2 aromatic carbocycles. The molecule has 4 N–H and O–H groups in total. The Balaban J connectivity index is 1.51. The molecule has 0 radical (unpaired) electrons. The van der Waals surface area contributed by atoms with Gasteiger partial charge in [0.2, 0.25) is 6.29 Å². The number of benzene rings is 2. The second kappa shape index (κ2) is 8.39. The van der Waals surface area contributed by atoms with Crippen molar-refractivity contribution in [3.05, 3.63) is 64.5 Å². The highest BCUT2D eigenvalue weighted by Gasteiger charge is 2.44. The molecule has 0 spiro atoms. The molecular formula is C22H24O6S. The molecule has 0 amide bonds. The van der Waals surface area contributed by atoms with E-state index in [0.717, 1.165) is 16.5 Å². The highest BCUT2D eigenvalue weighted by molar-refractivity contribution is 7.17. The van der Waals surface area contributed by atoms with Crippen LogP contribution in [-0.4, -0.2) is 57.7 Å². The van der Waals surface area contributed by atoms with E-state index in [2.05, 4.69) is 36.6 Å². The van der Waals surface area contributed by atoms with Crippen molar-refractivity contribution in [1.82, 2.24) is 0 Å². The fourth-order valence-electron chi connectivity index (χ4n) is 3.50. The number of thiophene rings is 1. The van der Waals surface area contributed by atoms with E-state index >= 15 is 0 Å². The third kappa shape index (κ3) is 4.16. The molecule has 29 heavy (non-hydrogen) atoms. The maximum atomic E-state index is 10.1. The molecule has 1 saturated heterocycles. The van der Waals surface area contributed by atoms with E-state index < -0.39 is 37.3 Å². The maximum Gasteiger partial charge on any atom is 0.229 e. The van der Waals surface area contributed by atoms with Crippen LogP contribution in [0.2, 0.25) is 0 Å². The van der Waals surface area contributed by atoms with Gasteiger partial charge in [0.15, 0.2) is 0 Å². The lowest BCUT2D eigenvalue weighted by Crippen LogP contribution is -2.60. The zero-order chi connectivity index (χ0) is 20.5. The lowest BCUT2D eigenvalue weighted by molar-refractivity contribution is -0.277. The first-order valence-corrected chi connectivity index (χ1v) is 10.4. The lowest BCUT2D eigenvalue weighted by atomic mass is 9.99. The van der Waals surface area contributed by atoms with Gasteiger partial charge in [-0.25, -0.2) is 0 Å². The number of hydrogen-bond acceptors (Lipinski definition) is 7. The van der Waals surface area contributed by atoms with Gasteiger partial charge in [-0.15, -0.1) is 11.3 Å². The molecule has 0 unspecified atom stereocenters. The average Bonchev–Trinajstić information content (AvgIpc) is 3.12. The number of aryl methyl sites for hydroxylation is 1. The maximum absolute atomic E-state index is 10.1. The largest absolute Gasteiger partial charge is 0.462 e. The first-order valence-electron chi connectivity index (χ1n) is 9.49. The smallest absolute Gasteiger partial charge is 0.229 e. The van der Waals surface area contributed by atoms with Crippen LogP contribution in [0.3, 0.4) is 0 Å². The Morgan fingerprint density at radius 2 is 1.76 bits per heavy atom. The normalized spacial score (nSPS) is 27.3. The van der Waals surface area contributed by atoms with Crippen molar-refractivity contribution in [2.45, 2.75) is 44.1 Å². The van der Waals surface area contributed by atoms with E-state index in [4.69, 9.17) is 9.47 Å². The highest BCUT2D eigenvalue weighted by atomic mass is 32.1. The minimum atomic E-state index is -1.46. The number of aliphatic hydroxyl groups is 4. The summed E-state index contributed by atoms with van der Waals surface area (Å²) in [6.07, 6.45) is -5.63. The summed E-state index contributed by atoms with van der Waals surface area (Å²) < 4.78 is 12.2. The fourth-order valence-corrected chi connectivity index (χ4v) is 4.49. The van der Waals surface area contributed by atoms with Crippen LogP contribution < -0.4 is 4.74 Å². The fraction of sp³-hybridized carbons (Fsp3) is 0.364. The van der Waals surface area contributed by atoms with Crippen LogP contribution >= 0.6 is 11.3 Å². The first kappa shape index (κ1) is 20.3. The van der Waals surface area contributed by atoms with Crippen LogP contribution in [0.25, 0.3) is 10.1 Å². The van der Waals surface area contributed by atoms with Crippen molar-refractivity contribution >= 4 is 21.4 Å². The number of hydrogen-bond donors (Lipinski definition) is 4. The molecule has 0 aliphatic carbocycles. The molecule has 2 heterocycles. The summed E-state index contributed by atoms with van der Waals surface area (Å²) in [6.45, 7) is 1.58. The molecule has 3 aromatic rings. The number of fused-ring (bicyclic) bond motifs is 1. The minimum Gasteiger partial charge on any atom is -0.462 e. The second-order valence-corrected chi connectivity index (χ2v) is 8.31. The van der Waals surface area contributed by atoms with Crippen molar-refractivity contribution in [1.29, 1.82) is 0 Å². The van der Waals surface area contributed by atoms with Gasteiger partial charge in [0, 0.05) is 4.70 Å². The predicted molar refractivity (Wildman–Crippen MR) is 110 cm³/mol. The average molecular weight is 416 g/mol. The molecule has 4 rings (SSSR count). The topological polar surface area (TPSA) is 99.4 Å². The molecule has 1 fully saturated rings. The molecule has 5 atom stereocenters. The van der Waals surface area contributed by atoms with E-state index in [9.17, 15) is 20.4 Å². The molecule has 0 bridgehead atoms. The third-order valence-electron chi connectivity index (χ3n) is 5.24. The van der Waals surface area contributed by atoms with Gasteiger partial charge in [0.25, 0.3) is 0 Å². The van der Waals surface area contributed by atoms with Crippen molar-refractivity contribution in [2.24, 2.45) is 0 Å². The Morgan fingerprint density at radius 1 is 1.00 bits per heavy atom.